The standard InChI is InChI=1S/C7H8N2O2.Na.H/c1-5-8-4-6(9-5)2-3-7(10)11;;/h2-4H,1H3,(H,8,9)(H,10,11);;/b3-2+;;. The number of nitrogens with zero attached hydrogens (tertiary/aromatic N) is 1. The topological polar surface area (TPSA) is 66.0 Å². The van der Waals surface area contributed by atoms with Gasteiger partial charge in [-0.25, -0.2) is 9.78 Å². The Balaban J connectivity index is 0.00000121. The van der Waals surface area contributed by atoms with Crippen LogP contribution in [0.2, 0.25) is 0 Å². The molecule has 0 unspecified atom stereocenters. The van der Waals surface area contributed by atoms with Crippen LogP contribution in [0.3, 0.4) is 0 Å². The monoisotopic (exact) mass is 176 g/mol. The van der Waals surface area contributed by atoms with Gasteiger partial charge in [0.15, 0.2) is 0 Å². The van der Waals surface area contributed by atoms with Crippen molar-refractivity contribution in [1.29, 1.82) is 0 Å². The quantitative estimate of drug-likeness (QED) is 0.498. The van der Waals surface area contributed by atoms with Crippen molar-refractivity contribution in [2.24, 2.45) is 0 Å². The van der Waals surface area contributed by atoms with Crippen molar-refractivity contribution < 1.29 is 9.90 Å². The number of imidazole rings is 1. The fraction of sp³-hybridized carbons (Fsp3) is 0.143. The third-order valence-electron chi connectivity index (χ3n) is 1.12. The maximum absolute atomic E-state index is 10.1. The number of rotatable bonds is 2. The molecule has 12 heavy (non-hydrogen) atoms. The Labute approximate surface area is 92.0 Å². The van der Waals surface area contributed by atoms with Crippen molar-refractivity contribution in [3.63, 3.8) is 0 Å². The minimum atomic E-state index is -0.967. The van der Waals surface area contributed by atoms with E-state index in [1.54, 1.807) is 13.1 Å². The zero-order valence-corrected chi connectivity index (χ0v) is 6.03. The number of nitrogens with one attached hydrogen (secondary N) is 1. The third-order valence-corrected chi connectivity index (χ3v) is 1.12. The Kier molecular flexibility index (Phi) is 4.89. The molecule has 0 spiro atoms. The number of aromatic nitrogens is 2. The molecule has 1 aromatic rings. The summed E-state index contributed by atoms with van der Waals surface area (Å²) in [6.07, 6.45) is 4.14. The molecule has 0 aliphatic rings. The van der Waals surface area contributed by atoms with E-state index in [4.69, 9.17) is 5.11 Å². The van der Waals surface area contributed by atoms with Crippen molar-refractivity contribution in [2.75, 3.05) is 0 Å². The number of carboxylic acids is 1. The summed E-state index contributed by atoms with van der Waals surface area (Å²) in [4.78, 5) is 16.9. The molecule has 4 nitrogen and oxygen atoms in total. The molecule has 2 N–H and O–H groups in total. The molecule has 1 heterocycles. The second-order valence-electron chi connectivity index (χ2n) is 2.08. The van der Waals surface area contributed by atoms with Crippen molar-refractivity contribution in [3.05, 3.63) is 23.8 Å². The fourth-order valence-electron chi connectivity index (χ4n) is 0.679. The Hall–Kier alpha value is -0.580. The normalized spacial score (nSPS) is 9.75. The van der Waals surface area contributed by atoms with Gasteiger partial charge in [-0.05, 0) is 13.0 Å². The fourth-order valence-corrected chi connectivity index (χ4v) is 0.679. The number of H-pyrrole nitrogens is 1. The molecule has 0 atom stereocenters. The van der Waals surface area contributed by atoms with Gasteiger partial charge in [-0.3, -0.25) is 0 Å². The van der Waals surface area contributed by atoms with Gasteiger partial charge in [0.25, 0.3) is 0 Å². The van der Waals surface area contributed by atoms with E-state index >= 15 is 0 Å². The summed E-state index contributed by atoms with van der Waals surface area (Å²) in [5, 5.41) is 8.26. The van der Waals surface area contributed by atoms with Gasteiger partial charge in [0.2, 0.25) is 0 Å². The SMILES string of the molecule is Cc1nc(/C=C/C(=O)O)c[nH]1.[NaH]. The van der Waals surface area contributed by atoms with Crippen molar-refractivity contribution >= 4 is 41.6 Å². The van der Waals surface area contributed by atoms with E-state index in [0.29, 0.717) is 5.69 Å². The second kappa shape index (κ2) is 5.13. The molecular weight excluding hydrogens is 167 g/mol. The molecule has 0 aliphatic heterocycles. The first-order valence-corrected chi connectivity index (χ1v) is 3.11. The Morgan fingerprint density at radius 3 is 2.83 bits per heavy atom. The molecule has 1 rings (SSSR count). The van der Waals surface area contributed by atoms with Crippen LogP contribution in [-0.4, -0.2) is 50.6 Å². The van der Waals surface area contributed by atoms with Crippen molar-refractivity contribution in [3.8, 4) is 0 Å². The van der Waals surface area contributed by atoms with Gasteiger partial charge in [0.05, 0.1) is 5.69 Å². The second-order valence-corrected chi connectivity index (χ2v) is 2.08. The summed E-state index contributed by atoms with van der Waals surface area (Å²) < 4.78 is 0. The molecule has 0 amide bonds. The average Bonchev–Trinajstić information content (AvgIpc) is 2.31. The summed E-state index contributed by atoms with van der Waals surface area (Å²) in [5.74, 6) is -0.194. The maximum atomic E-state index is 10.1. The number of aryl methyl sites for hydroxylation is 1. The van der Waals surface area contributed by atoms with Gasteiger partial charge in [0.1, 0.15) is 5.82 Å². The number of carboxylic acid groups (broad SMARTS) is 1. The summed E-state index contributed by atoms with van der Waals surface area (Å²) in [7, 11) is 0. The Bertz CT molecular complexity index is 293. The van der Waals surface area contributed by atoms with Crippen LogP contribution in [0.25, 0.3) is 6.08 Å². The Morgan fingerprint density at radius 2 is 2.42 bits per heavy atom. The van der Waals surface area contributed by atoms with Gasteiger partial charge in [-0.1, -0.05) is 0 Å². The average molecular weight is 176 g/mol. The summed E-state index contributed by atoms with van der Waals surface area (Å²) in [6.45, 7) is 1.80. The molecule has 0 radical (unpaired) electrons. The molecule has 0 saturated heterocycles. The van der Waals surface area contributed by atoms with E-state index < -0.39 is 5.97 Å². The molecular formula is C7H9N2NaO2. The number of aromatic amines is 1. The molecule has 1 aromatic heterocycles. The van der Waals surface area contributed by atoms with E-state index in [9.17, 15) is 4.79 Å². The number of aliphatic carboxylic acids is 1. The molecule has 5 heteroatoms. The minimum absolute atomic E-state index is 0. The van der Waals surface area contributed by atoms with Crippen molar-refractivity contribution in [1.82, 2.24) is 9.97 Å². The number of carbonyl (C=O) groups is 1. The first kappa shape index (κ1) is 11.4. The van der Waals surface area contributed by atoms with E-state index in [2.05, 4.69) is 9.97 Å². The van der Waals surface area contributed by atoms with Gasteiger partial charge < -0.3 is 10.1 Å². The van der Waals surface area contributed by atoms with E-state index in [1.165, 1.54) is 6.08 Å². The molecule has 0 bridgehead atoms. The van der Waals surface area contributed by atoms with Crippen LogP contribution in [0.15, 0.2) is 12.3 Å². The van der Waals surface area contributed by atoms with Crippen LogP contribution in [0, 0.1) is 6.92 Å². The van der Waals surface area contributed by atoms with Crippen LogP contribution in [0.1, 0.15) is 11.5 Å². The zero-order chi connectivity index (χ0) is 8.27. The number of hydrogen-bond donors (Lipinski definition) is 2. The molecule has 0 aromatic carbocycles. The van der Waals surface area contributed by atoms with Gasteiger partial charge in [0, 0.05) is 12.3 Å². The molecule has 60 valence electrons. The first-order valence-electron chi connectivity index (χ1n) is 3.11. The first-order chi connectivity index (χ1) is 5.18. The van der Waals surface area contributed by atoms with Crippen LogP contribution < -0.4 is 0 Å². The predicted octanol–water partition coefficient (Wildman–Crippen LogP) is 0.167. The van der Waals surface area contributed by atoms with Gasteiger partial charge in [-0.15, -0.1) is 0 Å². The van der Waals surface area contributed by atoms with Gasteiger partial charge >= 0.3 is 35.5 Å². The summed E-state index contributed by atoms with van der Waals surface area (Å²) >= 11 is 0. The third kappa shape index (κ3) is 3.71. The predicted molar refractivity (Wildman–Crippen MR) is 47.1 cm³/mol. The van der Waals surface area contributed by atoms with Crippen LogP contribution in [0.5, 0.6) is 0 Å². The van der Waals surface area contributed by atoms with Crippen LogP contribution >= 0.6 is 0 Å². The van der Waals surface area contributed by atoms with Crippen molar-refractivity contribution in [2.45, 2.75) is 6.92 Å². The van der Waals surface area contributed by atoms with Crippen LogP contribution in [0.4, 0.5) is 0 Å². The molecule has 0 aliphatic carbocycles. The summed E-state index contributed by atoms with van der Waals surface area (Å²) in [6, 6.07) is 0. The zero-order valence-electron chi connectivity index (χ0n) is 6.03. The van der Waals surface area contributed by atoms with E-state index in [-0.39, 0.29) is 29.6 Å². The van der Waals surface area contributed by atoms with Gasteiger partial charge in [-0.2, -0.15) is 0 Å². The van der Waals surface area contributed by atoms with Crippen LogP contribution in [-0.2, 0) is 4.79 Å². The van der Waals surface area contributed by atoms with E-state index in [0.717, 1.165) is 11.9 Å². The molecule has 0 fully saturated rings. The summed E-state index contributed by atoms with van der Waals surface area (Å²) in [5.41, 5.74) is 0.630. The molecule has 0 saturated carbocycles. The number of hydrogen-bond acceptors (Lipinski definition) is 2. The van der Waals surface area contributed by atoms with E-state index in [1.807, 2.05) is 0 Å². The Morgan fingerprint density at radius 1 is 1.75 bits per heavy atom.